The summed E-state index contributed by atoms with van der Waals surface area (Å²) in [7, 11) is 1.58. The zero-order valence-electron chi connectivity index (χ0n) is 18.2. The molecule has 1 N–H and O–H groups in total. The van der Waals surface area contributed by atoms with Crippen LogP contribution in [-0.4, -0.2) is 35.3 Å². The molecular formula is C24H26FN3O3. The van der Waals surface area contributed by atoms with Crippen LogP contribution in [0.25, 0.3) is 11.3 Å². The maximum absolute atomic E-state index is 13.9. The zero-order chi connectivity index (χ0) is 22.5. The second-order valence-electron chi connectivity index (χ2n) is 7.67. The smallest absolute Gasteiger partial charge is 0.243 e. The van der Waals surface area contributed by atoms with Gasteiger partial charge in [0.25, 0.3) is 0 Å². The number of amides is 2. The molecular weight excluding hydrogens is 397 g/mol. The zero-order valence-corrected chi connectivity index (χ0v) is 18.2. The van der Waals surface area contributed by atoms with Gasteiger partial charge in [-0.2, -0.15) is 0 Å². The number of aromatic nitrogens is 1. The third-order valence-corrected chi connectivity index (χ3v) is 4.99. The molecule has 31 heavy (non-hydrogen) atoms. The number of nitrogens with one attached hydrogen (secondary N) is 1. The van der Waals surface area contributed by atoms with Gasteiger partial charge in [-0.15, -0.1) is 0 Å². The molecule has 0 saturated heterocycles. The average Bonchev–Trinajstić information content (AvgIpc) is 3.18. The monoisotopic (exact) mass is 423 g/mol. The SMILES string of the molecule is Cc1cc(C)c(NC(=O)CN(C)C(=O)CCc2ncc(-c3ccccc3F)o2)c(C)c1. The van der Waals surface area contributed by atoms with E-state index in [-0.39, 0.29) is 31.2 Å². The van der Waals surface area contributed by atoms with E-state index in [1.165, 1.54) is 17.2 Å². The van der Waals surface area contributed by atoms with E-state index in [2.05, 4.69) is 10.3 Å². The molecule has 0 aliphatic rings. The van der Waals surface area contributed by atoms with Gasteiger partial charge in [-0.25, -0.2) is 9.37 Å². The normalized spacial score (nSPS) is 10.7. The summed E-state index contributed by atoms with van der Waals surface area (Å²) >= 11 is 0. The fraction of sp³-hybridized carbons (Fsp3) is 0.292. The average molecular weight is 423 g/mol. The molecule has 0 spiro atoms. The van der Waals surface area contributed by atoms with Crippen molar-refractivity contribution in [2.24, 2.45) is 0 Å². The van der Waals surface area contributed by atoms with Gasteiger partial charge in [-0.05, 0) is 44.0 Å². The van der Waals surface area contributed by atoms with Crippen LogP contribution in [0.15, 0.2) is 47.0 Å². The Morgan fingerprint density at radius 3 is 2.48 bits per heavy atom. The van der Waals surface area contributed by atoms with Crippen molar-refractivity contribution in [1.29, 1.82) is 0 Å². The minimum atomic E-state index is -0.397. The first-order chi connectivity index (χ1) is 14.7. The number of carbonyl (C=O) groups excluding carboxylic acids is 2. The van der Waals surface area contributed by atoms with E-state index in [4.69, 9.17) is 4.42 Å². The molecule has 3 rings (SSSR count). The van der Waals surface area contributed by atoms with Crippen LogP contribution in [0.3, 0.4) is 0 Å². The highest BCUT2D eigenvalue weighted by atomic mass is 19.1. The highest BCUT2D eigenvalue weighted by molar-refractivity contribution is 5.95. The summed E-state index contributed by atoms with van der Waals surface area (Å²) in [6, 6.07) is 10.3. The Balaban J connectivity index is 1.53. The van der Waals surface area contributed by atoms with E-state index in [0.717, 1.165) is 22.4 Å². The van der Waals surface area contributed by atoms with Gasteiger partial charge in [0.1, 0.15) is 5.82 Å². The first-order valence-corrected chi connectivity index (χ1v) is 10.1. The quantitative estimate of drug-likeness (QED) is 0.610. The molecule has 2 aromatic carbocycles. The molecule has 0 aliphatic heterocycles. The summed E-state index contributed by atoms with van der Waals surface area (Å²) in [4.78, 5) is 30.3. The molecule has 7 heteroatoms. The van der Waals surface area contributed by atoms with Gasteiger partial charge in [0.15, 0.2) is 11.7 Å². The summed E-state index contributed by atoms with van der Waals surface area (Å²) < 4.78 is 19.4. The molecule has 0 bridgehead atoms. The molecule has 3 aromatic rings. The van der Waals surface area contributed by atoms with Gasteiger partial charge in [-0.1, -0.05) is 29.8 Å². The minimum Gasteiger partial charge on any atom is -0.441 e. The summed E-state index contributed by atoms with van der Waals surface area (Å²) in [6.45, 7) is 5.83. The summed E-state index contributed by atoms with van der Waals surface area (Å²) in [6.07, 6.45) is 1.83. The highest BCUT2D eigenvalue weighted by Gasteiger charge is 2.17. The predicted octanol–water partition coefficient (Wildman–Crippen LogP) is 4.44. The van der Waals surface area contributed by atoms with Crippen molar-refractivity contribution in [3.63, 3.8) is 0 Å². The molecule has 0 unspecified atom stereocenters. The number of aryl methyl sites for hydroxylation is 4. The molecule has 0 aliphatic carbocycles. The third-order valence-electron chi connectivity index (χ3n) is 4.99. The molecule has 6 nitrogen and oxygen atoms in total. The Kier molecular flexibility index (Phi) is 6.84. The van der Waals surface area contributed by atoms with E-state index in [1.54, 1.807) is 25.2 Å². The van der Waals surface area contributed by atoms with Gasteiger partial charge < -0.3 is 14.6 Å². The second kappa shape index (κ2) is 9.55. The molecule has 0 atom stereocenters. The van der Waals surface area contributed by atoms with Crippen molar-refractivity contribution in [2.45, 2.75) is 33.6 Å². The van der Waals surface area contributed by atoms with Crippen LogP contribution in [0.1, 0.15) is 29.0 Å². The van der Waals surface area contributed by atoms with Gasteiger partial charge in [0, 0.05) is 25.6 Å². The number of hydrogen-bond donors (Lipinski definition) is 1. The van der Waals surface area contributed by atoms with E-state index < -0.39 is 5.82 Å². The first-order valence-electron chi connectivity index (χ1n) is 10.1. The van der Waals surface area contributed by atoms with E-state index in [0.29, 0.717) is 17.2 Å². The summed E-state index contributed by atoms with van der Waals surface area (Å²) in [5.74, 6) is -0.208. The number of nitrogens with zero attached hydrogens (tertiary/aromatic N) is 2. The van der Waals surface area contributed by atoms with E-state index in [9.17, 15) is 14.0 Å². The van der Waals surface area contributed by atoms with Gasteiger partial charge in [0.2, 0.25) is 11.8 Å². The van der Waals surface area contributed by atoms with Crippen LogP contribution in [0.5, 0.6) is 0 Å². The van der Waals surface area contributed by atoms with Crippen molar-refractivity contribution in [2.75, 3.05) is 18.9 Å². The Morgan fingerprint density at radius 1 is 1.13 bits per heavy atom. The maximum Gasteiger partial charge on any atom is 0.243 e. The van der Waals surface area contributed by atoms with Crippen molar-refractivity contribution in [3.8, 4) is 11.3 Å². The lowest BCUT2D eigenvalue weighted by Crippen LogP contribution is -2.35. The van der Waals surface area contributed by atoms with Crippen molar-refractivity contribution >= 4 is 17.5 Å². The second-order valence-corrected chi connectivity index (χ2v) is 7.67. The van der Waals surface area contributed by atoms with Crippen molar-refractivity contribution in [1.82, 2.24) is 9.88 Å². The Hall–Kier alpha value is -3.48. The van der Waals surface area contributed by atoms with Crippen LogP contribution in [0, 0.1) is 26.6 Å². The topological polar surface area (TPSA) is 75.4 Å². The molecule has 162 valence electrons. The fourth-order valence-electron chi connectivity index (χ4n) is 3.48. The van der Waals surface area contributed by atoms with E-state index >= 15 is 0 Å². The fourth-order valence-corrected chi connectivity index (χ4v) is 3.48. The van der Waals surface area contributed by atoms with Crippen LogP contribution in [0.4, 0.5) is 10.1 Å². The number of likely N-dealkylation sites (N-methyl/N-ethyl adjacent to an activating group) is 1. The van der Waals surface area contributed by atoms with Crippen molar-refractivity contribution in [3.05, 3.63) is 71.0 Å². The minimum absolute atomic E-state index is 0.0579. The van der Waals surface area contributed by atoms with Crippen LogP contribution >= 0.6 is 0 Å². The largest absolute Gasteiger partial charge is 0.441 e. The number of halogens is 1. The van der Waals surface area contributed by atoms with Gasteiger partial charge in [0.05, 0.1) is 18.3 Å². The van der Waals surface area contributed by atoms with E-state index in [1.807, 2.05) is 32.9 Å². The Morgan fingerprint density at radius 2 is 1.81 bits per heavy atom. The van der Waals surface area contributed by atoms with Crippen LogP contribution in [0.2, 0.25) is 0 Å². The molecule has 1 heterocycles. The number of benzene rings is 2. The molecule has 0 radical (unpaired) electrons. The van der Waals surface area contributed by atoms with Gasteiger partial charge >= 0.3 is 0 Å². The highest BCUT2D eigenvalue weighted by Crippen LogP contribution is 2.24. The summed E-state index contributed by atoms with van der Waals surface area (Å²) in [5, 5.41) is 2.89. The first kappa shape index (κ1) is 22.2. The number of oxazole rings is 1. The number of anilines is 1. The van der Waals surface area contributed by atoms with Gasteiger partial charge in [-0.3, -0.25) is 9.59 Å². The molecule has 2 amide bonds. The lowest BCUT2D eigenvalue weighted by atomic mass is 10.1. The van der Waals surface area contributed by atoms with Crippen LogP contribution in [-0.2, 0) is 16.0 Å². The van der Waals surface area contributed by atoms with Crippen molar-refractivity contribution < 1.29 is 18.4 Å². The Bertz CT molecular complexity index is 1080. The molecule has 0 fully saturated rings. The lowest BCUT2D eigenvalue weighted by molar-refractivity contribution is -0.133. The maximum atomic E-state index is 13.9. The Labute approximate surface area is 181 Å². The number of rotatable bonds is 7. The lowest BCUT2D eigenvalue weighted by Gasteiger charge is -2.18. The van der Waals surface area contributed by atoms with Crippen LogP contribution < -0.4 is 5.32 Å². The molecule has 1 aromatic heterocycles. The number of carbonyl (C=O) groups is 2. The molecule has 0 saturated carbocycles. The third kappa shape index (κ3) is 5.57. The number of hydrogen-bond acceptors (Lipinski definition) is 4. The standard InChI is InChI=1S/C24H26FN3O3/c1-15-11-16(2)24(17(3)12-15)27-21(29)14-28(4)23(30)10-9-22-26-13-20(31-22)18-7-5-6-8-19(18)25/h5-8,11-13H,9-10,14H2,1-4H3,(H,27,29). The predicted molar refractivity (Wildman–Crippen MR) is 117 cm³/mol. The summed E-state index contributed by atoms with van der Waals surface area (Å²) in [5.41, 5.74) is 4.19.